The van der Waals surface area contributed by atoms with Crippen LogP contribution in [0.2, 0.25) is 0 Å². The molecule has 2 rings (SSSR count). The summed E-state index contributed by atoms with van der Waals surface area (Å²) in [6.07, 6.45) is 10.2. The van der Waals surface area contributed by atoms with Crippen LogP contribution in [-0.4, -0.2) is 16.1 Å². The lowest BCUT2D eigenvalue weighted by Crippen LogP contribution is -2.15. The smallest absolute Gasteiger partial charge is 0.0951 e. The number of aromatic nitrogens is 2. The van der Waals surface area contributed by atoms with Crippen LogP contribution < -0.4 is 5.73 Å². The van der Waals surface area contributed by atoms with E-state index in [4.69, 9.17) is 5.73 Å². The van der Waals surface area contributed by atoms with Crippen LogP contribution in [0, 0.1) is 0 Å². The van der Waals surface area contributed by atoms with Crippen LogP contribution in [0.4, 0.5) is 0 Å². The van der Waals surface area contributed by atoms with E-state index in [9.17, 15) is 0 Å². The van der Waals surface area contributed by atoms with Crippen LogP contribution in [0.1, 0.15) is 37.4 Å². The molecule has 3 heteroatoms. The van der Waals surface area contributed by atoms with E-state index in [0.29, 0.717) is 0 Å². The zero-order valence-corrected chi connectivity index (χ0v) is 7.95. The zero-order chi connectivity index (χ0) is 9.10. The van der Waals surface area contributed by atoms with Crippen LogP contribution >= 0.6 is 0 Å². The largest absolute Gasteiger partial charge is 0.334 e. The third kappa shape index (κ3) is 1.91. The molecule has 0 atom stereocenters. The Kier molecular flexibility index (Phi) is 2.64. The number of rotatable bonds is 4. The fraction of sp³-hybridized carbons (Fsp3) is 0.700. The molecule has 0 saturated heterocycles. The molecule has 1 aliphatic rings. The number of imidazole rings is 1. The maximum Gasteiger partial charge on any atom is 0.0951 e. The summed E-state index contributed by atoms with van der Waals surface area (Å²) < 4.78 is 2.26. The van der Waals surface area contributed by atoms with Crippen molar-refractivity contribution in [3.8, 4) is 0 Å². The second-order valence-electron chi connectivity index (χ2n) is 3.79. The highest BCUT2D eigenvalue weighted by molar-refractivity contribution is 4.99. The molecule has 0 unspecified atom stereocenters. The summed E-state index contributed by atoms with van der Waals surface area (Å²) in [5.74, 6) is 0. The monoisotopic (exact) mass is 179 g/mol. The maximum atomic E-state index is 5.45. The van der Waals surface area contributed by atoms with E-state index in [0.717, 1.165) is 25.4 Å². The van der Waals surface area contributed by atoms with Gasteiger partial charge in [0.2, 0.25) is 0 Å². The highest BCUT2D eigenvalue weighted by Crippen LogP contribution is 2.31. The average molecular weight is 179 g/mol. The van der Waals surface area contributed by atoms with E-state index in [1.54, 1.807) is 0 Å². The minimum atomic E-state index is 0.735. The van der Waals surface area contributed by atoms with Gasteiger partial charge in [0.15, 0.2) is 0 Å². The van der Waals surface area contributed by atoms with Gasteiger partial charge >= 0.3 is 0 Å². The van der Waals surface area contributed by atoms with Gasteiger partial charge in [0.1, 0.15) is 0 Å². The van der Waals surface area contributed by atoms with Crippen molar-refractivity contribution in [3.05, 3.63) is 18.2 Å². The first-order valence-electron chi connectivity index (χ1n) is 5.12. The second kappa shape index (κ2) is 3.92. The molecule has 0 aromatic carbocycles. The Labute approximate surface area is 79.0 Å². The summed E-state index contributed by atoms with van der Waals surface area (Å²) in [6, 6.07) is 0.735. The lowest BCUT2D eigenvalue weighted by Gasteiger charge is -2.26. The summed E-state index contributed by atoms with van der Waals surface area (Å²) in [7, 11) is 0. The van der Waals surface area contributed by atoms with E-state index < -0.39 is 0 Å². The Morgan fingerprint density at radius 1 is 1.54 bits per heavy atom. The molecular weight excluding hydrogens is 162 g/mol. The third-order valence-electron chi connectivity index (χ3n) is 2.79. The van der Waals surface area contributed by atoms with Gasteiger partial charge in [0.05, 0.1) is 12.0 Å². The van der Waals surface area contributed by atoms with Crippen molar-refractivity contribution in [2.75, 3.05) is 6.54 Å². The predicted octanol–water partition coefficient (Wildman–Crippen LogP) is 1.50. The van der Waals surface area contributed by atoms with Gasteiger partial charge in [0.25, 0.3) is 0 Å². The van der Waals surface area contributed by atoms with Crippen molar-refractivity contribution in [1.29, 1.82) is 0 Å². The van der Waals surface area contributed by atoms with Gasteiger partial charge < -0.3 is 10.3 Å². The molecule has 1 fully saturated rings. The van der Waals surface area contributed by atoms with Crippen molar-refractivity contribution in [2.24, 2.45) is 5.73 Å². The third-order valence-corrected chi connectivity index (χ3v) is 2.79. The first kappa shape index (κ1) is 8.75. The predicted molar refractivity (Wildman–Crippen MR) is 52.5 cm³/mol. The molecule has 1 aromatic heterocycles. The van der Waals surface area contributed by atoms with Crippen LogP contribution in [0.3, 0.4) is 0 Å². The quantitative estimate of drug-likeness (QED) is 0.761. The zero-order valence-electron chi connectivity index (χ0n) is 7.95. The second-order valence-corrected chi connectivity index (χ2v) is 3.79. The molecule has 0 amide bonds. The molecule has 2 N–H and O–H groups in total. The Bertz CT molecular complexity index is 263. The Balaban J connectivity index is 1.92. The molecular formula is C10H17N3. The Morgan fingerprint density at radius 3 is 3.00 bits per heavy atom. The van der Waals surface area contributed by atoms with E-state index in [1.165, 1.54) is 25.0 Å². The van der Waals surface area contributed by atoms with Crippen LogP contribution in [0.25, 0.3) is 0 Å². The fourth-order valence-corrected chi connectivity index (χ4v) is 1.68. The molecule has 1 heterocycles. The van der Waals surface area contributed by atoms with E-state index in [2.05, 4.69) is 15.7 Å². The normalized spacial score (nSPS) is 17.3. The number of hydrogen-bond acceptors (Lipinski definition) is 2. The van der Waals surface area contributed by atoms with Crippen molar-refractivity contribution in [1.82, 2.24) is 9.55 Å². The molecule has 0 spiro atoms. The molecule has 3 nitrogen and oxygen atoms in total. The molecule has 0 aliphatic heterocycles. The van der Waals surface area contributed by atoms with Gasteiger partial charge in [-0.25, -0.2) is 4.98 Å². The number of nitrogens with zero attached hydrogens (tertiary/aromatic N) is 2. The van der Waals surface area contributed by atoms with Crippen molar-refractivity contribution >= 4 is 0 Å². The molecule has 0 radical (unpaired) electrons. The van der Waals surface area contributed by atoms with Crippen molar-refractivity contribution in [3.63, 3.8) is 0 Å². The molecule has 1 saturated carbocycles. The Hall–Kier alpha value is -0.830. The van der Waals surface area contributed by atoms with E-state index in [-0.39, 0.29) is 0 Å². The summed E-state index contributed by atoms with van der Waals surface area (Å²) in [6.45, 7) is 0.760. The van der Waals surface area contributed by atoms with Gasteiger partial charge in [-0.15, -0.1) is 0 Å². The Morgan fingerprint density at radius 2 is 2.38 bits per heavy atom. The highest BCUT2D eigenvalue weighted by atomic mass is 15.1. The van der Waals surface area contributed by atoms with Crippen LogP contribution in [0.5, 0.6) is 0 Å². The lowest BCUT2D eigenvalue weighted by molar-refractivity contribution is 0.313. The standard InChI is InChI=1S/C10H17N3/c11-6-2-3-9-7-13(8-12-9)10-4-1-5-10/h7-8,10H,1-6,11H2. The molecule has 72 valence electrons. The lowest BCUT2D eigenvalue weighted by atomic mass is 9.93. The minimum Gasteiger partial charge on any atom is -0.334 e. The van der Waals surface area contributed by atoms with Gasteiger partial charge in [-0.1, -0.05) is 0 Å². The maximum absolute atomic E-state index is 5.45. The topological polar surface area (TPSA) is 43.8 Å². The first-order valence-corrected chi connectivity index (χ1v) is 5.12. The van der Waals surface area contributed by atoms with Crippen molar-refractivity contribution < 1.29 is 0 Å². The SMILES string of the molecule is NCCCc1cn(C2CCC2)cn1. The highest BCUT2D eigenvalue weighted by Gasteiger charge is 2.18. The summed E-state index contributed by atoms with van der Waals surface area (Å²) in [5, 5.41) is 0. The average Bonchev–Trinajstić information content (AvgIpc) is 2.46. The number of nitrogens with two attached hydrogens (primary N) is 1. The van der Waals surface area contributed by atoms with E-state index in [1.807, 2.05) is 6.33 Å². The minimum absolute atomic E-state index is 0.735. The van der Waals surface area contributed by atoms with Crippen molar-refractivity contribution in [2.45, 2.75) is 38.1 Å². The molecule has 1 aromatic rings. The summed E-state index contributed by atoms with van der Waals surface area (Å²) >= 11 is 0. The fourth-order valence-electron chi connectivity index (χ4n) is 1.68. The van der Waals surface area contributed by atoms with Gasteiger partial charge in [-0.2, -0.15) is 0 Å². The number of hydrogen-bond donors (Lipinski definition) is 1. The van der Waals surface area contributed by atoms with Gasteiger partial charge in [-0.3, -0.25) is 0 Å². The molecule has 13 heavy (non-hydrogen) atoms. The van der Waals surface area contributed by atoms with Crippen LogP contribution in [0.15, 0.2) is 12.5 Å². The van der Waals surface area contributed by atoms with Gasteiger partial charge in [-0.05, 0) is 38.6 Å². The summed E-state index contributed by atoms with van der Waals surface area (Å²) in [4.78, 5) is 4.36. The van der Waals surface area contributed by atoms with Crippen LogP contribution in [-0.2, 0) is 6.42 Å². The van der Waals surface area contributed by atoms with E-state index >= 15 is 0 Å². The number of aryl methyl sites for hydroxylation is 1. The molecule has 1 aliphatic carbocycles. The first-order chi connectivity index (χ1) is 6.40. The molecule has 0 bridgehead atoms. The van der Waals surface area contributed by atoms with Gasteiger partial charge in [0, 0.05) is 12.2 Å². The summed E-state index contributed by atoms with van der Waals surface area (Å²) in [5.41, 5.74) is 6.64.